The molecule has 1 aliphatic rings. The van der Waals surface area contributed by atoms with Gasteiger partial charge in [-0.3, -0.25) is 9.97 Å². The van der Waals surface area contributed by atoms with Gasteiger partial charge >= 0.3 is 0 Å². The summed E-state index contributed by atoms with van der Waals surface area (Å²) in [6.45, 7) is 0.789. The van der Waals surface area contributed by atoms with Crippen LogP contribution in [0.1, 0.15) is 18.4 Å². The highest BCUT2D eigenvalue weighted by Crippen LogP contribution is 2.35. The first kappa shape index (κ1) is 13.8. The average Bonchev–Trinajstić information content (AvgIpc) is 3.37. The van der Waals surface area contributed by atoms with E-state index in [1.54, 1.807) is 32.8 Å². The molecule has 1 aromatic carbocycles. The van der Waals surface area contributed by atoms with E-state index in [2.05, 4.69) is 15.3 Å². The van der Waals surface area contributed by atoms with Crippen LogP contribution in [-0.4, -0.2) is 30.2 Å². The van der Waals surface area contributed by atoms with Crippen molar-refractivity contribution in [2.45, 2.75) is 25.4 Å². The van der Waals surface area contributed by atoms with Gasteiger partial charge in [-0.2, -0.15) is 0 Å². The predicted octanol–water partition coefficient (Wildman–Crippen LogP) is 2.41. The lowest BCUT2D eigenvalue weighted by Crippen LogP contribution is -2.16. The lowest BCUT2D eigenvalue weighted by molar-refractivity contribution is 0.354. The number of benzene rings is 1. The van der Waals surface area contributed by atoms with Gasteiger partial charge in [0.05, 0.1) is 26.1 Å². The zero-order valence-electron chi connectivity index (χ0n) is 12.3. The van der Waals surface area contributed by atoms with E-state index in [0.29, 0.717) is 11.8 Å². The fourth-order valence-electron chi connectivity index (χ4n) is 2.29. The number of methoxy groups -OCH3 is 2. The summed E-state index contributed by atoms with van der Waals surface area (Å²) in [7, 11) is 3.29. The Bertz CT molecular complexity index is 612. The molecule has 2 aromatic rings. The monoisotopic (exact) mass is 285 g/mol. The van der Waals surface area contributed by atoms with Crippen LogP contribution in [0.2, 0.25) is 0 Å². The Balaban J connectivity index is 2.00. The molecule has 0 bridgehead atoms. The van der Waals surface area contributed by atoms with E-state index in [-0.39, 0.29) is 0 Å². The maximum atomic E-state index is 5.40. The van der Waals surface area contributed by atoms with Crippen LogP contribution in [0, 0.1) is 0 Å². The number of ether oxygens (including phenoxy) is 2. The fourth-order valence-corrected chi connectivity index (χ4v) is 2.29. The van der Waals surface area contributed by atoms with Crippen LogP contribution in [0.25, 0.3) is 11.3 Å². The molecule has 5 nitrogen and oxygen atoms in total. The summed E-state index contributed by atoms with van der Waals surface area (Å²) in [4.78, 5) is 8.55. The maximum absolute atomic E-state index is 5.40. The number of aromatic nitrogens is 2. The predicted molar refractivity (Wildman–Crippen MR) is 80.4 cm³/mol. The van der Waals surface area contributed by atoms with E-state index in [0.717, 1.165) is 29.1 Å². The number of rotatable bonds is 6. The molecule has 1 heterocycles. The van der Waals surface area contributed by atoms with Crippen molar-refractivity contribution in [1.82, 2.24) is 15.3 Å². The van der Waals surface area contributed by atoms with Crippen molar-refractivity contribution >= 4 is 0 Å². The van der Waals surface area contributed by atoms with E-state index in [4.69, 9.17) is 9.47 Å². The Morgan fingerprint density at radius 2 is 1.90 bits per heavy atom. The highest BCUT2D eigenvalue weighted by atomic mass is 16.5. The van der Waals surface area contributed by atoms with Gasteiger partial charge in [0.25, 0.3) is 0 Å². The summed E-state index contributed by atoms with van der Waals surface area (Å²) >= 11 is 0. The Morgan fingerprint density at radius 3 is 2.52 bits per heavy atom. The van der Waals surface area contributed by atoms with Crippen LogP contribution in [0.4, 0.5) is 0 Å². The van der Waals surface area contributed by atoms with Gasteiger partial charge in [0.15, 0.2) is 11.5 Å². The molecule has 110 valence electrons. The Kier molecular flexibility index (Phi) is 4.01. The third kappa shape index (κ3) is 3.13. The molecule has 1 fully saturated rings. The molecule has 5 heteroatoms. The van der Waals surface area contributed by atoms with Gasteiger partial charge < -0.3 is 14.8 Å². The summed E-state index contributed by atoms with van der Waals surface area (Å²) in [6.07, 6.45) is 7.65. The minimum Gasteiger partial charge on any atom is -0.493 e. The second-order valence-corrected chi connectivity index (χ2v) is 5.11. The van der Waals surface area contributed by atoms with Crippen LogP contribution in [0.3, 0.4) is 0 Å². The SMILES string of the molecule is COc1cc(CNC2CC2)c(-c2cnccn2)cc1OC. The molecule has 1 saturated carbocycles. The highest BCUT2D eigenvalue weighted by molar-refractivity contribution is 5.68. The van der Waals surface area contributed by atoms with Gasteiger partial charge in [-0.15, -0.1) is 0 Å². The zero-order chi connectivity index (χ0) is 14.7. The van der Waals surface area contributed by atoms with Crippen LogP contribution < -0.4 is 14.8 Å². The van der Waals surface area contributed by atoms with Crippen molar-refractivity contribution in [3.63, 3.8) is 0 Å². The minimum absolute atomic E-state index is 0.646. The Morgan fingerprint density at radius 1 is 1.14 bits per heavy atom. The van der Waals surface area contributed by atoms with Crippen molar-refractivity contribution in [2.24, 2.45) is 0 Å². The first-order valence-corrected chi connectivity index (χ1v) is 7.06. The molecule has 0 saturated heterocycles. The second-order valence-electron chi connectivity index (χ2n) is 5.11. The quantitative estimate of drug-likeness (QED) is 0.883. The second kappa shape index (κ2) is 6.10. The van der Waals surface area contributed by atoms with Gasteiger partial charge in [0.1, 0.15) is 0 Å². The summed E-state index contributed by atoms with van der Waals surface area (Å²) in [6, 6.07) is 4.62. The molecule has 0 unspecified atom stereocenters. The van der Waals surface area contributed by atoms with Crippen LogP contribution in [0.15, 0.2) is 30.7 Å². The summed E-state index contributed by atoms with van der Waals surface area (Å²) in [5, 5.41) is 3.53. The minimum atomic E-state index is 0.646. The average molecular weight is 285 g/mol. The van der Waals surface area contributed by atoms with Crippen LogP contribution >= 0.6 is 0 Å². The van der Waals surface area contributed by atoms with Gasteiger partial charge in [-0.25, -0.2) is 0 Å². The molecule has 0 atom stereocenters. The molecular formula is C16H19N3O2. The maximum Gasteiger partial charge on any atom is 0.161 e. The molecule has 0 aliphatic heterocycles. The Labute approximate surface area is 124 Å². The topological polar surface area (TPSA) is 56.3 Å². The van der Waals surface area contributed by atoms with Crippen molar-refractivity contribution in [3.05, 3.63) is 36.3 Å². The van der Waals surface area contributed by atoms with Crippen molar-refractivity contribution < 1.29 is 9.47 Å². The summed E-state index contributed by atoms with van der Waals surface area (Å²) < 4.78 is 10.8. The molecule has 0 amide bonds. The van der Waals surface area contributed by atoms with Gasteiger partial charge in [-0.05, 0) is 30.5 Å². The lowest BCUT2D eigenvalue weighted by atomic mass is 10.0. The molecule has 1 N–H and O–H groups in total. The third-order valence-corrected chi connectivity index (χ3v) is 3.61. The van der Waals surface area contributed by atoms with E-state index >= 15 is 0 Å². The van der Waals surface area contributed by atoms with Crippen molar-refractivity contribution in [3.8, 4) is 22.8 Å². The fraction of sp³-hybridized carbons (Fsp3) is 0.375. The van der Waals surface area contributed by atoms with Crippen LogP contribution in [-0.2, 0) is 6.54 Å². The lowest BCUT2D eigenvalue weighted by Gasteiger charge is -2.15. The number of nitrogens with one attached hydrogen (secondary N) is 1. The van der Waals surface area contributed by atoms with E-state index in [1.165, 1.54) is 12.8 Å². The standard InChI is InChI=1S/C16H19N3O2/c1-20-15-7-11(9-19-12-3-4-12)13(8-16(15)21-2)14-10-17-5-6-18-14/h5-8,10,12,19H,3-4,9H2,1-2H3. The third-order valence-electron chi connectivity index (χ3n) is 3.61. The van der Waals surface area contributed by atoms with Crippen LogP contribution in [0.5, 0.6) is 11.5 Å². The molecule has 0 radical (unpaired) electrons. The number of hydrogen-bond acceptors (Lipinski definition) is 5. The first-order chi connectivity index (χ1) is 10.3. The normalized spacial score (nSPS) is 14.0. The molecule has 21 heavy (non-hydrogen) atoms. The van der Waals surface area contributed by atoms with Gasteiger partial charge in [0, 0.05) is 30.5 Å². The molecular weight excluding hydrogens is 266 g/mol. The first-order valence-electron chi connectivity index (χ1n) is 7.06. The molecule has 1 aliphatic carbocycles. The summed E-state index contributed by atoms with van der Waals surface area (Å²) in [5.74, 6) is 1.44. The molecule has 0 spiro atoms. The summed E-state index contributed by atoms with van der Waals surface area (Å²) in [5.41, 5.74) is 3.00. The Hall–Kier alpha value is -2.14. The van der Waals surface area contributed by atoms with Gasteiger partial charge in [0.2, 0.25) is 0 Å². The highest BCUT2D eigenvalue weighted by Gasteiger charge is 2.21. The van der Waals surface area contributed by atoms with E-state index in [9.17, 15) is 0 Å². The molecule has 1 aromatic heterocycles. The van der Waals surface area contributed by atoms with E-state index in [1.807, 2.05) is 12.1 Å². The van der Waals surface area contributed by atoms with Gasteiger partial charge in [-0.1, -0.05) is 0 Å². The largest absolute Gasteiger partial charge is 0.493 e. The smallest absolute Gasteiger partial charge is 0.161 e. The zero-order valence-corrected chi connectivity index (χ0v) is 12.3. The number of nitrogens with zero attached hydrogens (tertiary/aromatic N) is 2. The van der Waals surface area contributed by atoms with Crippen molar-refractivity contribution in [2.75, 3.05) is 14.2 Å². The molecule has 3 rings (SSSR count). The van der Waals surface area contributed by atoms with E-state index < -0.39 is 0 Å². The van der Waals surface area contributed by atoms with Crippen molar-refractivity contribution in [1.29, 1.82) is 0 Å². The number of hydrogen-bond donors (Lipinski definition) is 1.